The van der Waals surface area contributed by atoms with Gasteiger partial charge in [0.1, 0.15) is 0 Å². The molecule has 0 aliphatic carbocycles. The Labute approximate surface area is 143 Å². The summed E-state index contributed by atoms with van der Waals surface area (Å²) in [6.45, 7) is 2.87. The van der Waals surface area contributed by atoms with Gasteiger partial charge in [-0.15, -0.1) is 12.4 Å². The zero-order chi connectivity index (χ0) is 16.2. The zero-order valence-corrected chi connectivity index (χ0v) is 15.0. The van der Waals surface area contributed by atoms with Gasteiger partial charge in [-0.1, -0.05) is 12.1 Å². The Kier molecular flexibility index (Phi) is 7.47. The molecule has 23 heavy (non-hydrogen) atoms. The number of halogens is 1. The van der Waals surface area contributed by atoms with Gasteiger partial charge >= 0.3 is 0 Å². The van der Waals surface area contributed by atoms with E-state index in [1.54, 1.807) is 24.3 Å². The Balaban J connectivity index is 0.00000264. The Morgan fingerprint density at radius 3 is 2.52 bits per heavy atom. The lowest BCUT2D eigenvalue weighted by molar-refractivity contribution is -0.122. The second kappa shape index (κ2) is 8.63. The molecule has 1 amide bonds. The Morgan fingerprint density at radius 2 is 2.00 bits per heavy atom. The van der Waals surface area contributed by atoms with Crippen LogP contribution in [-0.2, 0) is 14.8 Å². The number of nitrogens with one attached hydrogen (secondary N) is 3. The summed E-state index contributed by atoms with van der Waals surface area (Å²) in [5, 5.41) is 6.25. The van der Waals surface area contributed by atoms with E-state index in [1.807, 2.05) is 6.92 Å². The van der Waals surface area contributed by atoms with Crippen LogP contribution in [0.3, 0.4) is 0 Å². The first kappa shape index (κ1) is 19.9. The van der Waals surface area contributed by atoms with Crippen LogP contribution in [0.1, 0.15) is 37.8 Å². The first-order chi connectivity index (χ1) is 10.4. The van der Waals surface area contributed by atoms with E-state index in [2.05, 4.69) is 15.4 Å². The zero-order valence-electron chi connectivity index (χ0n) is 13.3. The minimum atomic E-state index is -3.43. The maximum atomic E-state index is 12.0. The van der Waals surface area contributed by atoms with E-state index in [0.29, 0.717) is 6.42 Å². The second-order valence-electron chi connectivity index (χ2n) is 5.56. The maximum absolute atomic E-state index is 12.0. The van der Waals surface area contributed by atoms with Gasteiger partial charge in [0.05, 0.1) is 10.9 Å². The predicted molar refractivity (Wildman–Crippen MR) is 92.1 cm³/mol. The number of carbonyl (C=O) groups is 1. The third-order valence-electron chi connectivity index (χ3n) is 3.93. The average Bonchev–Trinajstić information content (AvgIpc) is 3.00. The van der Waals surface area contributed by atoms with Crippen molar-refractivity contribution in [1.29, 1.82) is 0 Å². The highest BCUT2D eigenvalue weighted by atomic mass is 35.5. The highest BCUT2D eigenvalue weighted by Crippen LogP contribution is 2.17. The molecule has 1 aliphatic rings. The number of carbonyl (C=O) groups excluding carboxylic acids is 1. The Hall–Kier alpha value is -1.15. The SMILES string of the molecule is CNS(=O)(=O)c1ccc(C(C)NC(=O)CC2CCCN2)cc1.Cl. The normalized spacial score (nSPS) is 19.0. The third-order valence-corrected chi connectivity index (χ3v) is 5.36. The molecule has 6 nitrogen and oxygen atoms in total. The highest BCUT2D eigenvalue weighted by molar-refractivity contribution is 7.89. The minimum absolute atomic E-state index is 0. The third kappa shape index (κ3) is 5.46. The van der Waals surface area contributed by atoms with Crippen molar-refractivity contribution in [2.24, 2.45) is 0 Å². The minimum Gasteiger partial charge on any atom is -0.350 e. The molecule has 130 valence electrons. The maximum Gasteiger partial charge on any atom is 0.240 e. The van der Waals surface area contributed by atoms with Gasteiger partial charge in [-0.3, -0.25) is 4.79 Å². The summed E-state index contributed by atoms with van der Waals surface area (Å²) >= 11 is 0. The molecule has 1 aromatic rings. The molecular formula is C15H24ClN3O3S. The Bertz CT molecular complexity index is 613. The number of hydrogen-bond donors (Lipinski definition) is 3. The molecule has 0 aromatic heterocycles. The van der Waals surface area contributed by atoms with Crippen molar-refractivity contribution in [3.05, 3.63) is 29.8 Å². The molecule has 0 bridgehead atoms. The van der Waals surface area contributed by atoms with Gasteiger partial charge in [-0.25, -0.2) is 13.1 Å². The van der Waals surface area contributed by atoms with E-state index >= 15 is 0 Å². The standard InChI is InChI=1S/C15H23N3O3S.ClH/c1-11(18-15(19)10-13-4-3-9-17-13)12-5-7-14(8-6-12)22(20,21)16-2;/h5-8,11,13,16-17H,3-4,9-10H2,1-2H3,(H,18,19);1H. The smallest absolute Gasteiger partial charge is 0.240 e. The van der Waals surface area contributed by atoms with E-state index in [9.17, 15) is 13.2 Å². The molecule has 2 rings (SSSR count). The fourth-order valence-electron chi connectivity index (χ4n) is 2.59. The number of benzene rings is 1. The van der Waals surface area contributed by atoms with Crippen molar-refractivity contribution in [1.82, 2.24) is 15.4 Å². The van der Waals surface area contributed by atoms with Crippen molar-refractivity contribution in [2.45, 2.75) is 43.2 Å². The molecule has 3 N–H and O–H groups in total. The van der Waals surface area contributed by atoms with E-state index in [-0.39, 0.29) is 35.3 Å². The summed E-state index contributed by atoms with van der Waals surface area (Å²) in [5.41, 5.74) is 0.878. The van der Waals surface area contributed by atoms with E-state index in [1.165, 1.54) is 7.05 Å². The van der Waals surface area contributed by atoms with Crippen molar-refractivity contribution >= 4 is 28.3 Å². The molecule has 2 atom stereocenters. The summed E-state index contributed by atoms with van der Waals surface area (Å²) < 4.78 is 25.6. The van der Waals surface area contributed by atoms with Gasteiger partial charge in [0.15, 0.2) is 0 Å². The van der Waals surface area contributed by atoms with Crippen molar-refractivity contribution in [2.75, 3.05) is 13.6 Å². The highest BCUT2D eigenvalue weighted by Gasteiger charge is 2.19. The number of rotatable bonds is 6. The molecule has 1 saturated heterocycles. The van der Waals surface area contributed by atoms with Crippen LogP contribution in [0.15, 0.2) is 29.2 Å². The van der Waals surface area contributed by atoms with Crippen molar-refractivity contribution in [3.8, 4) is 0 Å². The number of sulfonamides is 1. The molecule has 0 radical (unpaired) electrons. The van der Waals surface area contributed by atoms with Gasteiger partial charge in [-0.2, -0.15) is 0 Å². The molecule has 8 heteroatoms. The van der Waals surface area contributed by atoms with E-state index in [0.717, 1.165) is 24.9 Å². The first-order valence-electron chi connectivity index (χ1n) is 7.48. The predicted octanol–water partition coefficient (Wildman–Crippen LogP) is 1.34. The molecule has 0 saturated carbocycles. The van der Waals surface area contributed by atoms with E-state index in [4.69, 9.17) is 0 Å². The summed E-state index contributed by atoms with van der Waals surface area (Å²) in [6.07, 6.45) is 2.64. The van der Waals surface area contributed by atoms with E-state index < -0.39 is 10.0 Å². The van der Waals surface area contributed by atoms with Gasteiger partial charge in [0.25, 0.3) is 0 Å². The van der Waals surface area contributed by atoms with Crippen LogP contribution >= 0.6 is 12.4 Å². The van der Waals surface area contributed by atoms with Crippen LogP contribution in [0.5, 0.6) is 0 Å². The molecule has 1 heterocycles. The van der Waals surface area contributed by atoms with Crippen molar-refractivity contribution in [3.63, 3.8) is 0 Å². The van der Waals surface area contributed by atoms with Crippen LogP contribution < -0.4 is 15.4 Å². The summed E-state index contributed by atoms with van der Waals surface area (Å²) in [4.78, 5) is 12.2. The molecule has 1 aromatic carbocycles. The average molecular weight is 362 g/mol. The topological polar surface area (TPSA) is 87.3 Å². The van der Waals surface area contributed by atoms with Crippen LogP contribution in [0.25, 0.3) is 0 Å². The number of hydrogen-bond acceptors (Lipinski definition) is 4. The van der Waals surface area contributed by atoms with Gasteiger partial charge in [0.2, 0.25) is 15.9 Å². The molecule has 1 fully saturated rings. The lowest BCUT2D eigenvalue weighted by Crippen LogP contribution is -2.33. The molecule has 0 spiro atoms. The van der Waals surface area contributed by atoms with Crippen LogP contribution in [0, 0.1) is 0 Å². The monoisotopic (exact) mass is 361 g/mol. The second-order valence-corrected chi connectivity index (χ2v) is 7.45. The lowest BCUT2D eigenvalue weighted by atomic mass is 10.1. The van der Waals surface area contributed by atoms with Crippen molar-refractivity contribution < 1.29 is 13.2 Å². The Morgan fingerprint density at radius 1 is 1.35 bits per heavy atom. The molecule has 2 unspecified atom stereocenters. The largest absolute Gasteiger partial charge is 0.350 e. The fraction of sp³-hybridized carbons (Fsp3) is 0.533. The lowest BCUT2D eigenvalue weighted by Gasteiger charge is -2.17. The van der Waals surface area contributed by atoms with Crippen LogP contribution in [0.4, 0.5) is 0 Å². The molecule has 1 aliphatic heterocycles. The quantitative estimate of drug-likeness (QED) is 0.713. The van der Waals surface area contributed by atoms with Gasteiger partial charge in [0, 0.05) is 12.5 Å². The first-order valence-corrected chi connectivity index (χ1v) is 8.97. The summed E-state index contributed by atoms with van der Waals surface area (Å²) in [7, 11) is -2.05. The summed E-state index contributed by atoms with van der Waals surface area (Å²) in [5.74, 6) is 0.0128. The summed E-state index contributed by atoms with van der Waals surface area (Å²) in [6, 6.07) is 6.66. The fourth-order valence-corrected chi connectivity index (χ4v) is 3.32. The van der Waals surface area contributed by atoms with Gasteiger partial charge < -0.3 is 10.6 Å². The molecular weight excluding hydrogens is 338 g/mol. The van der Waals surface area contributed by atoms with Crippen LogP contribution in [-0.4, -0.2) is 34.0 Å². The van der Waals surface area contributed by atoms with Crippen LogP contribution in [0.2, 0.25) is 0 Å². The van der Waals surface area contributed by atoms with Gasteiger partial charge in [-0.05, 0) is 51.1 Å². The number of amides is 1.